The number of nitrogens with zero attached hydrogens (tertiary/aromatic N) is 3. The molecule has 1 aromatic heterocycles. The first-order valence-corrected chi connectivity index (χ1v) is 8.67. The van der Waals surface area contributed by atoms with Crippen molar-refractivity contribution in [1.29, 1.82) is 0 Å². The van der Waals surface area contributed by atoms with Crippen molar-refractivity contribution in [1.82, 2.24) is 14.8 Å². The number of fused-ring (bicyclic) bond motifs is 1. The van der Waals surface area contributed by atoms with Gasteiger partial charge in [0.1, 0.15) is 0 Å². The summed E-state index contributed by atoms with van der Waals surface area (Å²) in [6.45, 7) is 7.33. The third-order valence-corrected chi connectivity index (χ3v) is 5.13. The molecule has 1 saturated heterocycles. The standard InChI is InChI=1S/C18H27N3O3/c1-18(2,3)21(17(23)24)12-6-5-9-20(11-12)16-13-7-4-8-19-14(13)10-15(16)22/h4,7-8,12,15-16,22H,5-6,9-11H2,1-3H3,(H,23,24)/t12-,15+,16+/m1/s1. The van der Waals surface area contributed by atoms with E-state index in [2.05, 4.69) is 9.88 Å². The summed E-state index contributed by atoms with van der Waals surface area (Å²) in [6, 6.07) is 3.81. The minimum absolute atomic E-state index is 0.0517. The van der Waals surface area contributed by atoms with E-state index in [4.69, 9.17) is 0 Å². The molecule has 0 bridgehead atoms. The fraction of sp³-hybridized carbons (Fsp3) is 0.667. The number of aromatic nitrogens is 1. The monoisotopic (exact) mass is 333 g/mol. The minimum atomic E-state index is -0.872. The number of rotatable bonds is 2. The largest absolute Gasteiger partial charge is 0.465 e. The van der Waals surface area contributed by atoms with Crippen molar-refractivity contribution in [3.05, 3.63) is 29.6 Å². The van der Waals surface area contributed by atoms with E-state index in [0.717, 1.165) is 30.6 Å². The zero-order valence-corrected chi connectivity index (χ0v) is 14.6. The number of amides is 1. The van der Waals surface area contributed by atoms with Gasteiger partial charge in [0, 0.05) is 36.4 Å². The maximum absolute atomic E-state index is 11.8. The molecule has 132 valence electrons. The number of likely N-dealkylation sites (tertiary alicyclic amines) is 1. The maximum Gasteiger partial charge on any atom is 0.408 e. The third-order valence-electron chi connectivity index (χ3n) is 5.13. The van der Waals surface area contributed by atoms with Gasteiger partial charge in [0.2, 0.25) is 0 Å². The normalized spacial score (nSPS) is 27.8. The van der Waals surface area contributed by atoms with Gasteiger partial charge in [-0.3, -0.25) is 14.8 Å². The lowest BCUT2D eigenvalue weighted by molar-refractivity contribution is -0.00102. The molecule has 24 heavy (non-hydrogen) atoms. The Hall–Kier alpha value is -1.66. The van der Waals surface area contributed by atoms with Crippen molar-refractivity contribution in [2.24, 2.45) is 0 Å². The van der Waals surface area contributed by atoms with Crippen molar-refractivity contribution < 1.29 is 15.0 Å². The predicted octanol–water partition coefficient (Wildman–Crippen LogP) is 2.28. The summed E-state index contributed by atoms with van der Waals surface area (Å²) >= 11 is 0. The number of hydrogen-bond acceptors (Lipinski definition) is 4. The van der Waals surface area contributed by atoms with E-state index in [1.165, 1.54) is 0 Å². The second-order valence-corrected chi connectivity index (χ2v) is 7.87. The van der Waals surface area contributed by atoms with Crippen LogP contribution in [0.1, 0.15) is 50.9 Å². The lowest BCUT2D eigenvalue weighted by Crippen LogP contribution is -2.57. The molecule has 3 rings (SSSR count). The van der Waals surface area contributed by atoms with Crippen molar-refractivity contribution >= 4 is 6.09 Å². The van der Waals surface area contributed by atoms with Crippen LogP contribution in [0.15, 0.2) is 18.3 Å². The summed E-state index contributed by atoms with van der Waals surface area (Å²) in [6.07, 6.45) is 2.79. The highest BCUT2D eigenvalue weighted by Crippen LogP contribution is 2.37. The predicted molar refractivity (Wildman–Crippen MR) is 90.9 cm³/mol. The van der Waals surface area contributed by atoms with Crippen molar-refractivity contribution in [2.45, 2.75) is 63.8 Å². The van der Waals surface area contributed by atoms with Crippen molar-refractivity contribution in [3.63, 3.8) is 0 Å². The van der Waals surface area contributed by atoms with Gasteiger partial charge < -0.3 is 10.2 Å². The second kappa shape index (κ2) is 6.33. The van der Waals surface area contributed by atoms with Crippen LogP contribution >= 0.6 is 0 Å². The van der Waals surface area contributed by atoms with Crippen LogP contribution < -0.4 is 0 Å². The number of aliphatic hydroxyl groups excluding tert-OH is 1. The molecule has 2 aliphatic rings. The van der Waals surface area contributed by atoms with Crippen molar-refractivity contribution in [3.8, 4) is 0 Å². The van der Waals surface area contributed by atoms with E-state index in [1.807, 2.05) is 32.9 Å². The molecule has 1 aliphatic heterocycles. The second-order valence-electron chi connectivity index (χ2n) is 7.87. The van der Waals surface area contributed by atoms with Gasteiger partial charge in [-0.05, 0) is 51.8 Å². The van der Waals surface area contributed by atoms with E-state index in [1.54, 1.807) is 11.1 Å². The number of aliphatic hydroxyl groups is 1. The molecule has 1 aliphatic carbocycles. The Kier molecular flexibility index (Phi) is 4.53. The zero-order chi connectivity index (χ0) is 17.5. The molecule has 2 heterocycles. The number of hydrogen-bond donors (Lipinski definition) is 2. The molecule has 0 unspecified atom stereocenters. The molecule has 1 amide bonds. The third kappa shape index (κ3) is 3.13. The summed E-state index contributed by atoms with van der Waals surface area (Å²) in [5.74, 6) is 0. The maximum atomic E-state index is 11.8. The summed E-state index contributed by atoms with van der Waals surface area (Å²) < 4.78 is 0. The molecule has 0 aromatic carbocycles. The smallest absolute Gasteiger partial charge is 0.408 e. The molecule has 1 fully saturated rings. The molecule has 0 spiro atoms. The molecule has 6 nitrogen and oxygen atoms in total. The zero-order valence-electron chi connectivity index (χ0n) is 14.6. The topological polar surface area (TPSA) is 76.9 Å². The van der Waals surface area contributed by atoms with Crippen LogP contribution in [0.4, 0.5) is 4.79 Å². The van der Waals surface area contributed by atoms with Gasteiger partial charge in [0.25, 0.3) is 0 Å². The summed E-state index contributed by atoms with van der Waals surface area (Å²) in [7, 11) is 0. The Balaban J connectivity index is 1.82. The summed E-state index contributed by atoms with van der Waals surface area (Å²) in [4.78, 5) is 20.0. The summed E-state index contributed by atoms with van der Waals surface area (Å²) in [5, 5.41) is 20.2. The summed E-state index contributed by atoms with van der Waals surface area (Å²) in [5.41, 5.74) is 1.61. The molecular formula is C18H27N3O3. The molecular weight excluding hydrogens is 306 g/mol. The first-order valence-electron chi connectivity index (χ1n) is 8.67. The van der Waals surface area contributed by atoms with Gasteiger partial charge >= 0.3 is 6.09 Å². The van der Waals surface area contributed by atoms with E-state index < -0.39 is 17.7 Å². The van der Waals surface area contributed by atoms with Gasteiger partial charge in [-0.1, -0.05) is 6.07 Å². The quantitative estimate of drug-likeness (QED) is 0.868. The first kappa shape index (κ1) is 17.2. The van der Waals surface area contributed by atoms with E-state index >= 15 is 0 Å². The van der Waals surface area contributed by atoms with E-state index in [9.17, 15) is 15.0 Å². The van der Waals surface area contributed by atoms with Crippen LogP contribution in [-0.4, -0.2) is 61.9 Å². The van der Waals surface area contributed by atoms with Gasteiger partial charge in [-0.15, -0.1) is 0 Å². The van der Waals surface area contributed by atoms with Crippen LogP contribution in [0, 0.1) is 0 Å². The lowest BCUT2D eigenvalue weighted by atomic mass is 9.95. The fourth-order valence-corrected chi connectivity index (χ4v) is 4.28. The Morgan fingerprint density at radius 1 is 1.42 bits per heavy atom. The Bertz CT molecular complexity index is 614. The highest BCUT2D eigenvalue weighted by atomic mass is 16.4. The number of piperidine rings is 1. The number of carbonyl (C=O) groups is 1. The van der Waals surface area contributed by atoms with E-state index in [-0.39, 0.29) is 12.1 Å². The van der Waals surface area contributed by atoms with Crippen LogP contribution in [0.2, 0.25) is 0 Å². The minimum Gasteiger partial charge on any atom is -0.465 e. The molecule has 0 saturated carbocycles. The molecule has 0 radical (unpaired) electrons. The van der Waals surface area contributed by atoms with Gasteiger partial charge in [-0.25, -0.2) is 4.79 Å². The van der Waals surface area contributed by atoms with Crippen LogP contribution in [0.3, 0.4) is 0 Å². The first-order chi connectivity index (χ1) is 11.3. The number of carboxylic acid groups (broad SMARTS) is 1. The van der Waals surface area contributed by atoms with Gasteiger partial charge in [0.05, 0.1) is 12.1 Å². The fourth-order valence-electron chi connectivity index (χ4n) is 4.28. The highest BCUT2D eigenvalue weighted by Gasteiger charge is 2.41. The van der Waals surface area contributed by atoms with Crippen molar-refractivity contribution in [2.75, 3.05) is 13.1 Å². The van der Waals surface area contributed by atoms with Crippen LogP contribution in [-0.2, 0) is 6.42 Å². The lowest BCUT2D eigenvalue weighted by Gasteiger charge is -2.46. The van der Waals surface area contributed by atoms with Crippen LogP contribution in [0.5, 0.6) is 0 Å². The molecule has 1 aromatic rings. The SMILES string of the molecule is CC(C)(C)N(C(=O)O)[C@@H]1CCCN([C@H]2c3cccnc3C[C@@H]2O)C1. The average molecular weight is 333 g/mol. The molecule has 2 N–H and O–H groups in total. The molecule has 6 heteroatoms. The Morgan fingerprint density at radius 3 is 2.83 bits per heavy atom. The van der Waals surface area contributed by atoms with Crippen LogP contribution in [0.25, 0.3) is 0 Å². The average Bonchev–Trinajstić information content (AvgIpc) is 2.81. The van der Waals surface area contributed by atoms with Gasteiger partial charge in [0.15, 0.2) is 0 Å². The Labute approximate surface area is 143 Å². The Morgan fingerprint density at radius 2 is 2.17 bits per heavy atom. The van der Waals surface area contributed by atoms with E-state index in [0.29, 0.717) is 13.0 Å². The molecule has 3 atom stereocenters. The number of pyridine rings is 1. The highest BCUT2D eigenvalue weighted by molar-refractivity contribution is 5.66. The van der Waals surface area contributed by atoms with Gasteiger partial charge in [-0.2, -0.15) is 0 Å².